The van der Waals surface area contributed by atoms with Crippen LogP contribution in [0.3, 0.4) is 0 Å². The third-order valence-electron chi connectivity index (χ3n) is 5.98. The molecule has 8 nitrogen and oxygen atoms in total. The van der Waals surface area contributed by atoms with Crippen LogP contribution in [0.25, 0.3) is 21.8 Å². The highest BCUT2D eigenvalue weighted by Crippen LogP contribution is 2.29. The molecular weight excluding hydrogens is 443 g/mol. The maximum absolute atomic E-state index is 13.2. The first-order chi connectivity index (χ1) is 16.6. The SMILES string of the molecule is CC(C)C[C@H](NC(=O)[C@H](CC(C)C)NC(=O)Cn1c2ccccc2c2ccc(C#N)cc21)B(O)O. The average molecular weight is 476 g/mol. The first-order valence-electron chi connectivity index (χ1n) is 12.0. The first-order valence-corrected chi connectivity index (χ1v) is 12.0. The Hall–Kier alpha value is -3.35. The zero-order valence-corrected chi connectivity index (χ0v) is 20.7. The molecule has 0 bridgehead atoms. The van der Waals surface area contributed by atoms with Crippen molar-refractivity contribution in [3.05, 3.63) is 48.0 Å². The Balaban J connectivity index is 1.86. The van der Waals surface area contributed by atoms with Gasteiger partial charge in [-0.3, -0.25) is 9.59 Å². The van der Waals surface area contributed by atoms with E-state index in [4.69, 9.17) is 0 Å². The van der Waals surface area contributed by atoms with Gasteiger partial charge in [0, 0.05) is 16.3 Å². The number of amides is 2. The predicted octanol–water partition coefficient (Wildman–Crippen LogP) is 2.74. The van der Waals surface area contributed by atoms with E-state index in [0.29, 0.717) is 18.4 Å². The van der Waals surface area contributed by atoms with Crippen LogP contribution in [0, 0.1) is 23.2 Å². The van der Waals surface area contributed by atoms with Gasteiger partial charge in [-0.25, -0.2) is 0 Å². The van der Waals surface area contributed by atoms with E-state index in [9.17, 15) is 24.9 Å². The molecule has 0 saturated heterocycles. The molecule has 0 aliphatic carbocycles. The van der Waals surface area contributed by atoms with Crippen LogP contribution in [0.4, 0.5) is 0 Å². The van der Waals surface area contributed by atoms with Crippen molar-refractivity contribution < 1.29 is 19.6 Å². The molecule has 1 aromatic heterocycles. The lowest BCUT2D eigenvalue weighted by atomic mass is 9.75. The molecule has 3 aromatic rings. The van der Waals surface area contributed by atoms with Gasteiger partial charge >= 0.3 is 7.12 Å². The van der Waals surface area contributed by atoms with E-state index >= 15 is 0 Å². The van der Waals surface area contributed by atoms with Crippen LogP contribution in [-0.2, 0) is 16.1 Å². The maximum atomic E-state index is 13.2. The highest BCUT2D eigenvalue weighted by Gasteiger charge is 2.30. The molecule has 0 aliphatic heterocycles. The first kappa shape index (κ1) is 26.3. The van der Waals surface area contributed by atoms with Crippen molar-refractivity contribution >= 4 is 40.7 Å². The Morgan fingerprint density at radius 3 is 2.26 bits per heavy atom. The van der Waals surface area contributed by atoms with Gasteiger partial charge in [-0.15, -0.1) is 0 Å². The number of nitriles is 1. The third kappa shape index (κ3) is 6.41. The Labute approximate surface area is 206 Å². The van der Waals surface area contributed by atoms with E-state index in [2.05, 4.69) is 16.7 Å². The van der Waals surface area contributed by atoms with Gasteiger partial charge in [-0.1, -0.05) is 52.0 Å². The summed E-state index contributed by atoms with van der Waals surface area (Å²) in [7, 11) is -1.69. The summed E-state index contributed by atoms with van der Waals surface area (Å²) in [6.07, 6.45) is 0.799. The number of fused-ring (bicyclic) bond motifs is 3. The molecule has 9 heteroatoms. The molecule has 35 heavy (non-hydrogen) atoms. The molecule has 4 N–H and O–H groups in total. The Bertz CT molecular complexity index is 1250. The van der Waals surface area contributed by atoms with E-state index in [0.717, 1.165) is 21.8 Å². The molecule has 0 fully saturated rings. The van der Waals surface area contributed by atoms with E-state index in [1.807, 2.05) is 62.6 Å². The van der Waals surface area contributed by atoms with Crippen LogP contribution in [0.15, 0.2) is 42.5 Å². The van der Waals surface area contributed by atoms with Gasteiger partial charge < -0.3 is 25.2 Å². The van der Waals surface area contributed by atoms with Crippen molar-refractivity contribution in [2.45, 2.75) is 59.1 Å². The number of hydrogen-bond acceptors (Lipinski definition) is 5. The second-order valence-electron chi connectivity index (χ2n) is 9.85. The summed E-state index contributed by atoms with van der Waals surface area (Å²) in [6.45, 7) is 7.74. The molecule has 0 radical (unpaired) electrons. The minimum absolute atomic E-state index is 0.0290. The summed E-state index contributed by atoms with van der Waals surface area (Å²) in [5, 5.41) is 36.2. The van der Waals surface area contributed by atoms with Crippen LogP contribution in [0.5, 0.6) is 0 Å². The van der Waals surface area contributed by atoms with Crippen LogP contribution >= 0.6 is 0 Å². The van der Waals surface area contributed by atoms with Crippen molar-refractivity contribution in [3.63, 3.8) is 0 Å². The number of para-hydroxylation sites is 1. The quantitative estimate of drug-likeness (QED) is 0.335. The van der Waals surface area contributed by atoms with E-state index in [1.54, 1.807) is 12.1 Å². The van der Waals surface area contributed by atoms with Crippen molar-refractivity contribution in [2.75, 3.05) is 0 Å². The molecule has 0 saturated carbocycles. The Morgan fingerprint density at radius 2 is 1.63 bits per heavy atom. The van der Waals surface area contributed by atoms with Crippen LogP contribution in [-0.4, -0.2) is 45.5 Å². The monoisotopic (exact) mass is 476 g/mol. The fourth-order valence-corrected chi connectivity index (χ4v) is 4.42. The van der Waals surface area contributed by atoms with Gasteiger partial charge in [0.2, 0.25) is 11.8 Å². The van der Waals surface area contributed by atoms with Gasteiger partial charge in [0.25, 0.3) is 0 Å². The summed E-state index contributed by atoms with van der Waals surface area (Å²) in [6, 6.07) is 14.4. The molecule has 2 atom stereocenters. The maximum Gasteiger partial charge on any atom is 0.475 e. The summed E-state index contributed by atoms with van der Waals surface area (Å²) in [5.41, 5.74) is 2.13. The zero-order valence-electron chi connectivity index (χ0n) is 20.7. The lowest BCUT2D eigenvalue weighted by Crippen LogP contribution is -2.55. The van der Waals surface area contributed by atoms with Crippen molar-refractivity contribution in [3.8, 4) is 6.07 Å². The third-order valence-corrected chi connectivity index (χ3v) is 5.98. The van der Waals surface area contributed by atoms with Gasteiger partial charge in [0.15, 0.2) is 0 Å². The predicted molar refractivity (Wildman–Crippen MR) is 137 cm³/mol. The summed E-state index contributed by atoms with van der Waals surface area (Å²) >= 11 is 0. The molecule has 3 rings (SSSR count). The largest absolute Gasteiger partial charge is 0.475 e. The molecule has 2 aromatic carbocycles. The summed E-state index contributed by atoms with van der Waals surface area (Å²) in [5.74, 6) is -1.34. The topological polar surface area (TPSA) is 127 Å². The number of hydrogen-bond donors (Lipinski definition) is 4. The van der Waals surface area contributed by atoms with E-state index < -0.39 is 25.0 Å². The molecule has 1 heterocycles. The Morgan fingerprint density at radius 1 is 0.971 bits per heavy atom. The van der Waals surface area contributed by atoms with E-state index in [-0.39, 0.29) is 24.3 Å². The van der Waals surface area contributed by atoms with Crippen molar-refractivity contribution in [2.24, 2.45) is 11.8 Å². The molecule has 2 amide bonds. The fraction of sp³-hybridized carbons (Fsp3) is 0.423. The van der Waals surface area contributed by atoms with Gasteiger partial charge in [-0.2, -0.15) is 5.26 Å². The minimum atomic E-state index is -1.69. The van der Waals surface area contributed by atoms with Gasteiger partial charge in [-0.05, 0) is 42.9 Å². The second kappa shape index (κ2) is 11.4. The molecule has 0 spiro atoms. The Kier molecular flexibility index (Phi) is 8.55. The van der Waals surface area contributed by atoms with Gasteiger partial charge in [0.1, 0.15) is 12.6 Å². The second-order valence-corrected chi connectivity index (χ2v) is 9.85. The number of carbonyl (C=O) groups is 2. The van der Waals surface area contributed by atoms with Gasteiger partial charge in [0.05, 0.1) is 23.1 Å². The average Bonchev–Trinajstić information content (AvgIpc) is 3.10. The van der Waals surface area contributed by atoms with Crippen molar-refractivity contribution in [1.29, 1.82) is 5.26 Å². The van der Waals surface area contributed by atoms with Crippen LogP contribution in [0.1, 0.15) is 46.1 Å². The lowest BCUT2D eigenvalue weighted by molar-refractivity contribution is -0.129. The van der Waals surface area contributed by atoms with Crippen LogP contribution < -0.4 is 10.6 Å². The number of rotatable bonds is 10. The standard InChI is InChI=1S/C26H33BN4O4/c1-16(2)11-21(26(33)30-24(27(34)35)12-17(3)4)29-25(32)15-31-22-8-6-5-7-19(22)20-10-9-18(14-28)13-23(20)31/h5-10,13,16-17,21,24,34-35H,11-12,15H2,1-4H3,(H,29,32)(H,30,33)/t21-,24-/m0/s1. The molecule has 184 valence electrons. The molecule has 0 aliphatic rings. The minimum Gasteiger partial charge on any atom is -0.426 e. The highest BCUT2D eigenvalue weighted by atomic mass is 16.4. The molecular formula is C26H33BN4O4. The van der Waals surface area contributed by atoms with Crippen molar-refractivity contribution in [1.82, 2.24) is 15.2 Å². The zero-order chi connectivity index (χ0) is 25.7. The number of nitrogens with one attached hydrogen (secondary N) is 2. The fourth-order valence-electron chi connectivity index (χ4n) is 4.42. The number of benzene rings is 2. The van der Waals surface area contributed by atoms with E-state index in [1.165, 1.54) is 0 Å². The number of aromatic nitrogens is 1. The van der Waals surface area contributed by atoms with Crippen LogP contribution in [0.2, 0.25) is 0 Å². The number of nitrogens with zero attached hydrogens (tertiary/aromatic N) is 2. The number of carbonyl (C=O) groups excluding carboxylic acids is 2. The highest BCUT2D eigenvalue weighted by molar-refractivity contribution is 6.43. The normalized spacial score (nSPS) is 13.1. The summed E-state index contributed by atoms with van der Waals surface area (Å²) in [4.78, 5) is 26.2. The smallest absolute Gasteiger partial charge is 0.426 e. The molecule has 0 unspecified atom stereocenters. The summed E-state index contributed by atoms with van der Waals surface area (Å²) < 4.78 is 1.85. The lowest BCUT2D eigenvalue weighted by Gasteiger charge is -2.25.